The molecule has 3 aromatic carbocycles. The van der Waals surface area contributed by atoms with Crippen molar-refractivity contribution >= 4 is 29.1 Å². The molecule has 0 radical (unpaired) electrons. The summed E-state index contributed by atoms with van der Waals surface area (Å²) in [4.78, 5) is 14.9. The van der Waals surface area contributed by atoms with Crippen molar-refractivity contribution in [3.05, 3.63) is 87.2 Å². The molecule has 1 amide bonds. The number of carbonyl (C=O) groups is 1. The van der Waals surface area contributed by atoms with Gasteiger partial charge in [0.2, 0.25) is 0 Å². The minimum absolute atomic E-state index is 0.215. The number of benzene rings is 3. The third-order valence-corrected chi connectivity index (χ3v) is 6.22. The first-order valence-electron chi connectivity index (χ1n) is 10.3. The van der Waals surface area contributed by atoms with Crippen LogP contribution in [0.15, 0.2) is 54.6 Å². The van der Waals surface area contributed by atoms with Crippen molar-refractivity contribution in [1.29, 1.82) is 0 Å². The van der Waals surface area contributed by atoms with Gasteiger partial charge in [-0.3, -0.25) is 4.79 Å². The van der Waals surface area contributed by atoms with E-state index in [0.717, 1.165) is 11.1 Å². The van der Waals surface area contributed by atoms with E-state index in [2.05, 4.69) is 0 Å². The van der Waals surface area contributed by atoms with Gasteiger partial charge in [0.05, 0.1) is 20.3 Å². The number of carbonyl (C=O) groups excluding carboxylic acids is 1. The Bertz CT molecular complexity index is 1150. The molecule has 4 rings (SSSR count). The lowest BCUT2D eigenvalue weighted by Gasteiger charge is -2.38. The molecule has 0 aliphatic carbocycles. The molecule has 0 saturated heterocycles. The smallest absolute Gasteiger partial charge is 0.261 e. The van der Waals surface area contributed by atoms with E-state index >= 15 is 4.39 Å². The van der Waals surface area contributed by atoms with Gasteiger partial charge in [-0.15, -0.1) is 0 Å². The third kappa shape index (κ3) is 4.72. The van der Waals surface area contributed by atoms with Gasteiger partial charge in [0.15, 0.2) is 18.1 Å². The van der Waals surface area contributed by atoms with Crippen LogP contribution < -0.4 is 14.2 Å². The maximum atomic E-state index is 15.1. The van der Waals surface area contributed by atoms with E-state index in [9.17, 15) is 4.79 Å². The monoisotopic (exact) mass is 489 g/mol. The van der Waals surface area contributed by atoms with Crippen molar-refractivity contribution in [2.45, 2.75) is 12.5 Å². The second kappa shape index (κ2) is 9.89. The fraction of sp³-hybridized carbons (Fsp3) is 0.240. The molecular weight excluding hydrogens is 468 g/mol. The molecule has 1 aliphatic heterocycles. The number of amides is 1. The Balaban J connectivity index is 1.73. The van der Waals surface area contributed by atoms with Crippen molar-refractivity contribution in [2.24, 2.45) is 0 Å². The van der Waals surface area contributed by atoms with E-state index in [-0.39, 0.29) is 23.1 Å². The highest BCUT2D eigenvalue weighted by Gasteiger charge is 2.36. The molecule has 0 N–H and O–H groups in total. The Kier molecular flexibility index (Phi) is 6.96. The Morgan fingerprint density at radius 2 is 1.76 bits per heavy atom. The topological polar surface area (TPSA) is 48.0 Å². The Morgan fingerprint density at radius 1 is 1.06 bits per heavy atom. The molecule has 8 heteroatoms. The van der Waals surface area contributed by atoms with Crippen LogP contribution in [0.3, 0.4) is 0 Å². The number of fused-ring (bicyclic) bond motifs is 1. The molecule has 33 heavy (non-hydrogen) atoms. The predicted molar refractivity (Wildman–Crippen MR) is 125 cm³/mol. The molecule has 0 aromatic heterocycles. The molecule has 1 unspecified atom stereocenters. The van der Waals surface area contributed by atoms with Crippen molar-refractivity contribution in [2.75, 3.05) is 27.4 Å². The van der Waals surface area contributed by atoms with E-state index in [1.165, 1.54) is 19.2 Å². The zero-order chi connectivity index (χ0) is 23.5. The molecule has 1 atom stereocenters. The highest BCUT2D eigenvalue weighted by atomic mass is 35.5. The Morgan fingerprint density at radius 3 is 2.42 bits per heavy atom. The zero-order valence-electron chi connectivity index (χ0n) is 18.1. The SMILES string of the molecule is COc1cc2c(cc1OC)C(c1c(F)cccc1Cl)N(C(=O)COc1ccc(Cl)cc1)CC2. The van der Waals surface area contributed by atoms with E-state index in [0.29, 0.717) is 35.2 Å². The Labute approximate surface area is 201 Å². The van der Waals surface area contributed by atoms with E-state index < -0.39 is 11.9 Å². The number of halogens is 3. The largest absolute Gasteiger partial charge is 0.493 e. The van der Waals surface area contributed by atoms with Gasteiger partial charge in [0.25, 0.3) is 5.91 Å². The minimum Gasteiger partial charge on any atom is -0.493 e. The van der Waals surface area contributed by atoms with E-state index in [4.69, 9.17) is 37.4 Å². The fourth-order valence-electron chi connectivity index (χ4n) is 4.06. The summed E-state index contributed by atoms with van der Waals surface area (Å²) < 4.78 is 31.6. The van der Waals surface area contributed by atoms with Crippen molar-refractivity contribution in [3.63, 3.8) is 0 Å². The molecule has 172 valence electrons. The summed E-state index contributed by atoms with van der Waals surface area (Å²) in [6, 6.07) is 14.1. The van der Waals surface area contributed by atoms with Gasteiger partial charge < -0.3 is 19.1 Å². The van der Waals surface area contributed by atoms with Crippen LogP contribution in [0.1, 0.15) is 22.7 Å². The summed E-state index contributed by atoms with van der Waals surface area (Å²) in [7, 11) is 3.09. The summed E-state index contributed by atoms with van der Waals surface area (Å²) >= 11 is 12.4. The van der Waals surface area contributed by atoms with Crippen LogP contribution in [0, 0.1) is 5.82 Å². The van der Waals surface area contributed by atoms with Gasteiger partial charge in [0, 0.05) is 22.2 Å². The van der Waals surface area contributed by atoms with Gasteiger partial charge in [-0.25, -0.2) is 4.39 Å². The third-order valence-electron chi connectivity index (χ3n) is 5.64. The first-order chi connectivity index (χ1) is 15.9. The number of methoxy groups -OCH3 is 2. The van der Waals surface area contributed by atoms with Crippen molar-refractivity contribution in [3.8, 4) is 17.2 Å². The lowest BCUT2D eigenvalue weighted by molar-refractivity contribution is -0.135. The number of hydrogen-bond donors (Lipinski definition) is 0. The molecule has 0 saturated carbocycles. The van der Waals surface area contributed by atoms with E-state index in [1.54, 1.807) is 48.4 Å². The van der Waals surface area contributed by atoms with Gasteiger partial charge in [-0.05, 0) is 66.1 Å². The van der Waals surface area contributed by atoms with Gasteiger partial charge >= 0.3 is 0 Å². The molecular formula is C25H22Cl2FNO4. The summed E-state index contributed by atoms with van der Waals surface area (Å²) in [5.74, 6) is 0.777. The van der Waals surface area contributed by atoms with Crippen molar-refractivity contribution < 1.29 is 23.4 Å². The maximum absolute atomic E-state index is 15.1. The summed E-state index contributed by atoms with van der Waals surface area (Å²) in [5.41, 5.74) is 1.89. The number of nitrogens with zero attached hydrogens (tertiary/aromatic N) is 1. The Hall–Kier alpha value is -2.96. The zero-order valence-corrected chi connectivity index (χ0v) is 19.6. The average Bonchev–Trinajstić information content (AvgIpc) is 2.82. The lowest BCUT2D eigenvalue weighted by Crippen LogP contribution is -2.43. The predicted octanol–water partition coefficient (Wildman–Crippen LogP) is 5.70. The normalized spacial score (nSPS) is 15.1. The lowest BCUT2D eigenvalue weighted by atomic mass is 9.87. The van der Waals surface area contributed by atoms with Gasteiger partial charge in [0.1, 0.15) is 11.6 Å². The van der Waals surface area contributed by atoms with Crippen LogP contribution in [-0.2, 0) is 11.2 Å². The average molecular weight is 490 g/mol. The molecule has 1 heterocycles. The quantitative estimate of drug-likeness (QED) is 0.445. The standard InChI is InChI=1S/C25H22Cl2FNO4/c1-31-21-12-15-10-11-29(23(30)14-33-17-8-6-16(26)7-9-17)25(18(15)13-22(21)32-2)24-19(27)4-3-5-20(24)28/h3-9,12-13,25H,10-11,14H2,1-2H3. The highest BCUT2D eigenvalue weighted by molar-refractivity contribution is 6.31. The number of hydrogen-bond acceptors (Lipinski definition) is 4. The highest BCUT2D eigenvalue weighted by Crippen LogP contribution is 2.43. The summed E-state index contributed by atoms with van der Waals surface area (Å²) in [5, 5.41) is 0.805. The molecule has 0 fully saturated rings. The van der Waals surface area contributed by atoms with Crippen LogP contribution >= 0.6 is 23.2 Å². The molecule has 1 aliphatic rings. The molecule has 0 bridgehead atoms. The van der Waals surface area contributed by atoms with Crippen molar-refractivity contribution in [1.82, 2.24) is 4.90 Å². The second-order valence-corrected chi connectivity index (χ2v) is 8.37. The molecule has 3 aromatic rings. The van der Waals surface area contributed by atoms with Crippen LogP contribution in [0.2, 0.25) is 10.0 Å². The van der Waals surface area contributed by atoms with Crippen LogP contribution in [0.4, 0.5) is 4.39 Å². The second-order valence-electron chi connectivity index (χ2n) is 7.52. The van der Waals surface area contributed by atoms with Crippen LogP contribution in [0.25, 0.3) is 0 Å². The molecule has 0 spiro atoms. The number of rotatable bonds is 6. The van der Waals surface area contributed by atoms with Gasteiger partial charge in [-0.2, -0.15) is 0 Å². The van der Waals surface area contributed by atoms with Gasteiger partial charge in [-0.1, -0.05) is 29.3 Å². The number of ether oxygens (including phenoxy) is 3. The first-order valence-corrected chi connectivity index (χ1v) is 11.0. The van der Waals surface area contributed by atoms with Crippen LogP contribution in [-0.4, -0.2) is 38.2 Å². The first kappa shape index (κ1) is 23.2. The van der Waals surface area contributed by atoms with E-state index in [1.807, 2.05) is 6.07 Å². The minimum atomic E-state index is -0.747. The summed E-state index contributed by atoms with van der Waals surface area (Å²) in [6.07, 6.45) is 0.560. The maximum Gasteiger partial charge on any atom is 0.261 e. The molecule has 5 nitrogen and oxygen atoms in total. The fourth-order valence-corrected chi connectivity index (χ4v) is 4.45. The summed E-state index contributed by atoms with van der Waals surface area (Å²) in [6.45, 7) is 0.146. The van der Waals surface area contributed by atoms with Crippen LogP contribution in [0.5, 0.6) is 17.2 Å².